The molecule has 0 aromatic heterocycles. The summed E-state index contributed by atoms with van der Waals surface area (Å²) in [5.41, 5.74) is 1.65. The first-order valence-electron chi connectivity index (χ1n) is 8.94. The molecule has 0 atom stereocenters. The van der Waals surface area contributed by atoms with Crippen LogP contribution >= 0.6 is 0 Å². The molecule has 0 unspecified atom stereocenters. The van der Waals surface area contributed by atoms with E-state index in [1.165, 1.54) is 38.1 Å². The van der Waals surface area contributed by atoms with E-state index < -0.39 is 8.07 Å². The Bertz CT molecular complexity index is 454. The van der Waals surface area contributed by atoms with E-state index in [2.05, 4.69) is 75.5 Å². The highest BCUT2D eigenvalue weighted by molar-refractivity contribution is 6.90. The number of benzene rings is 1. The van der Waals surface area contributed by atoms with Crippen LogP contribution in [0, 0.1) is 0 Å². The Labute approximate surface area is 139 Å². The van der Waals surface area contributed by atoms with E-state index in [9.17, 15) is 0 Å². The third kappa shape index (κ3) is 7.26. The summed E-state index contributed by atoms with van der Waals surface area (Å²) in [5, 5.41) is 1.58. The second-order valence-corrected chi connectivity index (χ2v) is 11.6. The van der Waals surface area contributed by atoms with Crippen molar-refractivity contribution in [2.45, 2.75) is 71.5 Å². The molecule has 0 aliphatic heterocycles. The Morgan fingerprint density at radius 2 is 1.77 bits per heavy atom. The summed E-state index contributed by atoms with van der Waals surface area (Å²) in [6, 6.07) is 12.4. The van der Waals surface area contributed by atoms with Gasteiger partial charge < -0.3 is 0 Å². The molecular formula is C21H34Si. The maximum atomic E-state index is 2.54. The average Bonchev–Trinajstić information content (AvgIpc) is 2.52. The van der Waals surface area contributed by atoms with Crippen LogP contribution in [0.15, 0.2) is 54.1 Å². The molecule has 0 spiro atoms. The lowest BCUT2D eigenvalue weighted by atomic mass is 10.1. The van der Waals surface area contributed by atoms with Crippen molar-refractivity contribution in [2.75, 3.05) is 0 Å². The normalized spacial score (nSPS) is 13.0. The first-order chi connectivity index (χ1) is 10.6. The molecule has 0 N–H and O–H groups in total. The fraction of sp³-hybridized carbons (Fsp3) is 0.524. The minimum Gasteiger partial charge on any atom is -0.0913 e. The van der Waals surface area contributed by atoms with Gasteiger partial charge in [-0.15, -0.1) is 0 Å². The zero-order chi connectivity index (χ0) is 16.3. The standard InChI is InChI=1S/C21H34Si/c1-5-7-9-10-12-16-20(15-8-6-2)19-22(3,4)21-17-13-11-14-18-21/h6,8,11,13-14,16-18H,5,7,9-10,12,15,19H2,1-4H3/b8-6+,20-16-. The number of hydrogen-bond acceptors (Lipinski definition) is 0. The van der Waals surface area contributed by atoms with Gasteiger partial charge in [0.25, 0.3) is 0 Å². The van der Waals surface area contributed by atoms with Gasteiger partial charge in [-0.1, -0.05) is 98.6 Å². The fourth-order valence-electron chi connectivity index (χ4n) is 2.93. The number of unbranched alkanes of at least 4 members (excludes halogenated alkanes) is 4. The van der Waals surface area contributed by atoms with Gasteiger partial charge in [0.15, 0.2) is 0 Å². The van der Waals surface area contributed by atoms with Crippen LogP contribution in [0.5, 0.6) is 0 Å². The summed E-state index contributed by atoms with van der Waals surface area (Å²) < 4.78 is 0. The molecule has 0 fully saturated rings. The van der Waals surface area contributed by atoms with Crippen LogP contribution < -0.4 is 5.19 Å². The van der Waals surface area contributed by atoms with Crippen molar-refractivity contribution < 1.29 is 0 Å². The van der Waals surface area contributed by atoms with Gasteiger partial charge in [-0.25, -0.2) is 0 Å². The number of allylic oxidation sites excluding steroid dienone is 4. The molecular weight excluding hydrogens is 280 g/mol. The third-order valence-electron chi connectivity index (χ3n) is 4.33. The van der Waals surface area contributed by atoms with Gasteiger partial charge in [0.05, 0.1) is 8.07 Å². The topological polar surface area (TPSA) is 0 Å². The number of hydrogen-bond donors (Lipinski definition) is 0. The molecule has 0 saturated heterocycles. The summed E-state index contributed by atoms with van der Waals surface area (Å²) in [5.74, 6) is 0. The largest absolute Gasteiger partial charge is 0.0913 e. The molecule has 0 amide bonds. The monoisotopic (exact) mass is 314 g/mol. The Balaban J connectivity index is 2.68. The van der Waals surface area contributed by atoms with Crippen LogP contribution in [0.3, 0.4) is 0 Å². The van der Waals surface area contributed by atoms with E-state index in [0.29, 0.717) is 0 Å². The zero-order valence-electron chi connectivity index (χ0n) is 15.1. The van der Waals surface area contributed by atoms with E-state index in [4.69, 9.17) is 0 Å². The van der Waals surface area contributed by atoms with Crippen molar-refractivity contribution in [2.24, 2.45) is 0 Å². The molecule has 0 heterocycles. The van der Waals surface area contributed by atoms with Gasteiger partial charge in [0, 0.05) is 0 Å². The second kappa shape index (κ2) is 10.6. The quantitative estimate of drug-likeness (QED) is 0.264. The van der Waals surface area contributed by atoms with E-state index >= 15 is 0 Å². The summed E-state index contributed by atoms with van der Waals surface area (Å²) >= 11 is 0. The predicted octanol–water partition coefficient (Wildman–Crippen LogP) is 6.47. The van der Waals surface area contributed by atoms with Crippen LogP contribution in [0.1, 0.15) is 52.4 Å². The van der Waals surface area contributed by atoms with Crippen molar-refractivity contribution in [1.82, 2.24) is 0 Å². The van der Waals surface area contributed by atoms with E-state index in [1.807, 2.05) is 0 Å². The van der Waals surface area contributed by atoms with Crippen molar-refractivity contribution >= 4 is 13.3 Å². The van der Waals surface area contributed by atoms with Crippen molar-refractivity contribution in [3.05, 3.63) is 54.1 Å². The maximum absolute atomic E-state index is 2.54. The lowest BCUT2D eigenvalue weighted by Gasteiger charge is -2.24. The molecule has 0 saturated carbocycles. The maximum Gasteiger partial charge on any atom is 0.0846 e. The van der Waals surface area contributed by atoms with E-state index in [1.54, 1.807) is 10.8 Å². The molecule has 22 heavy (non-hydrogen) atoms. The first kappa shape index (κ1) is 19.0. The van der Waals surface area contributed by atoms with E-state index in [0.717, 1.165) is 6.42 Å². The van der Waals surface area contributed by atoms with Gasteiger partial charge in [-0.05, 0) is 32.2 Å². The van der Waals surface area contributed by atoms with Crippen LogP contribution in [0.2, 0.25) is 19.1 Å². The van der Waals surface area contributed by atoms with E-state index in [-0.39, 0.29) is 0 Å². The lowest BCUT2D eigenvalue weighted by Crippen LogP contribution is -2.41. The lowest BCUT2D eigenvalue weighted by molar-refractivity contribution is 0.673. The molecule has 0 aliphatic rings. The first-order valence-corrected chi connectivity index (χ1v) is 12.2. The van der Waals surface area contributed by atoms with Crippen molar-refractivity contribution in [1.29, 1.82) is 0 Å². The second-order valence-electron chi connectivity index (χ2n) is 6.91. The average molecular weight is 315 g/mol. The van der Waals surface area contributed by atoms with Crippen molar-refractivity contribution in [3.8, 4) is 0 Å². The Morgan fingerprint density at radius 3 is 2.41 bits per heavy atom. The Morgan fingerprint density at radius 1 is 1.05 bits per heavy atom. The molecule has 1 heteroatoms. The SMILES string of the molecule is C/C=C/C/C(=C/CCCCCC)C[Si](C)(C)c1ccccc1. The third-order valence-corrected chi connectivity index (χ3v) is 7.56. The highest BCUT2D eigenvalue weighted by atomic mass is 28.3. The number of rotatable bonds is 10. The van der Waals surface area contributed by atoms with Gasteiger partial charge in [0.2, 0.25) is 0 Å². The molecule has 1 aromatic rings. The summed E-state index contributed by atoms with van der Waals surface area (Å²) in [4.78, 5) is 0. The minimum atomic E-state index is -1.37. The smallest absolute Gasteiger partial charge is 0.0846 e. The van der Waals surface area contributed by atoms with Gasteiger partial charge >= 0.3 is 0 Å². The summed E-state index contributed by atoms with van der Waals surface area (Å²) in [7, 11) is -1.37. The van der Waals surface area contributed by atoms with Gasteiger partial charge in [-0.3, -0.25) is 0 Å². The Hall–Kier alpha value is -1.08. The predicted molar refractivity (Wildman–Crippen MR) is 105 cm³/mol. The molecule has 1 rings (SSSR count). The molecule has 0 aliphatic carbocycles. The fourth-order valence-corrected chi connectivity index (χ4v) is 5.66. The van der Waals surface area contributed by atoms with Gasteiger partial charge in [-0.2, -0.15) is 0 Å². The minimum absolute atomic E-state index is 1.13. The van der Waals surface area contributed by atoms with Gasteiger partial charge in [0.1, 0.15) is 0 Å². The van der Waals surface area contributed by atoms with Crippen LogP contribution in [-0.2, 0) is 0 Å². The molecule has 0 bridgehead atoms. The highest BCUT2D eigenvalue weighted by Crippen LogP contribution is 2.21. The van der Waals surface area contributed by atoms with Crippen LogP contribution in [0.25, 0.3) is 0 Å². The summed E-state index contributed by atoms with van der Waals surface area (Å²) in [6.07, 6.45) is 14.8. The molecule has 0 radical (unpaired) electrons. The highest BCUT2D eigenvalue weighted by Gasteiger charge is 2.23. The zero-order valence-corrected chi connectivity index (χ0v) is 16.1. The molecule has 0 nitrogen and oxygen atoms in total. The summed E-state index contributed by atoms with van der Waals surface area (Å²) in [6.45, 7) is 9.41. The van der Waals surface area contributed by atoms with Crippen molar-refractivity contribution in [3.63, 3.8) is 0 Å². The van der Waals surface area contributed by atoms with Crippen LogP contribution in [-0.4, -0.2) is 8.07 Å². The molecule has 1 aromatic carbocycles. The van der Waals surface area contributed by atoms with Crippen LogP contribution in [0.4, 0.5) is 0 Å². The molecule has 122 valence electrons. The Kier molecular flexibility index (Phi) is 9.15.